The van der Waals surface area contributed by atoms with Crippen molar-refractivity contribution in [2.24, 2.45) is 7.05 Å². The van der Waals surface area contributed by atoms with E-state index in [0.29, 0.717) is 5.82 Å². The fourth-order valence-electron chi connectivity index (χ4n) is 2.59. The molecule has 1 fully saturated rings. The highest BCUT2D eigenvalue weighted by atomic mass is 79.9. The maximum absolute atomic E-state index is 5.90. The van der Waals surface area contributed by atoms with Gasteiger partial charge in [0, 0.05) is 41.9 Å². The molecule has 1 aromatic heterocycles. The lowest BCUT2D eigenvalue weighted by Gasteiger charge is -2.21. The van der Waals surface area contributed by atoms with Crippen LogP contribution in [0.3, 0.4) is 0 Å². The molecule has 4 nitrogen and oxygen atoms in total. The summed E-state index contributed by atoms with van der Waals surface area (Å²) in [6, 6.07) is 8.23. The number of hydrogen-bond acceptors (Lipinski definition) is 3. The molecule has 0 saturated carbocycles. The molecular weight excluding hydrogens is 304 g/mol. The lowest BCUT2D eigenvalue weighted by molar-refractivity contribution is 0.782. The van der Waals surface area contributed by atoms with E-state index in [4.69, 9.17) is 5.73 Å². The van der Waals surface area contributed by atoms with Crippen molar-refractivity contribution in [2.45, 2.75) is 12.8 Å². The van der Waals surface area contributed by atoms with Gasteiger partial charge in [0.2, 0.25) is 0 Å². The molecule has 0 atom stereocenters. The van der Waals surface area contributed by atoms with Gasteiger partial charge in [0.05, 0.1) is 5.69 Å². The number of aryl methyl sites for hydroxylation is 1. The molecule has 0 unspecified atom stereocenters. The summed E-state index contributed by atoms with van der Waals surface area (Å²) in [4.78, 5) is 2.42. The molecule has 0 aliphatic carbocycles. The van der Waals surface area contributed by atoms with Gasteiger partial charge < -0.3 is 10.6 Å². The molecule has 0 bridgehead atoms. The number of halogens is 1. The van der Waals surface area contributed by atoms with Crippen molar-refractivity contribution in [3.8, 4) is 11.3 Å². The van der Waals surface area contributed by atoms with Gasteiger partial charge in [-0.15, -0.1) is 0 Å². The predicted molar refractivity (Wildman–Crippen MR) is 82.2 cm³/mol. The molecule has 2 heterocycles. The van der Waals surface area contributed by atoms with Crippen LogP contribution in [0.15, 0.2) is 28.7 Å². The number of rotatable bonds is 2. The Morgan fingerprint density at radius 3 is 2.63 bits per heavy atom. The molecule has 1 aliphatic rings. The molecule has 19 heavy (non-hydrogen) atoms. The average Bonchev–Trinajstić information content (AvgIpc) is 3.00. The number of anilines is 2. The first-order valence-corrected chi connectivity index (χ1v) is 7.29. The van der Waals surface area contributed by atoms with E-state index in [1.807, 2.05) is 13.1 Å². The molecule has 0 amide bonds. The zero-order valence-corrected chi connectivity index (χ0v) is 12.5. The first-order chi connectivity index (χ1) is 9.16. The zero-order chi connectivity index (χ0) is 13.4. The van der Waals surface area contributed by atoms with E-state index in [1.54, 1.807) is 4.68 Å². The second-order valence-electron chi connectivity index (χ2n) is 4.91. The van der Waals surface area contributed by atoms with E-state index in [1.165, 1.54) is 18.5 Å². The van der Waals surface area contributed by atoms with Gasteiger partial charge in [-0.3, -0.25) is 4.68 Å². The fourth-order valence-corrected chi connectivity index (χ4v) is 3.15. The number of benzene rings is 1. The summed E-state index contributed by atoms with van der Waals surface area (Å²) in [6.07, 6.45) is 2.52. The standard InChI is InChI=1S/C14H17BrN4/c1-18-13(16)9-11(17-18)14-10(15)5-4-6-12(14)19-7-2-3-8-19/h4-6,9H,2-3,7-8,16H2,1H3. The van der Waals surface area contributed by atoms with E-state index < -0.39 is 0 Å². The Morgan fingerprint density at radius 1 is 1.26 bits per heavy atom. The quantitative estimate of drug-likeness (QED) is 0.925. The van der Waals surface area contributed by atoms with Gasteiger partial charge in [0.15, 0.2) is 0 Å². The van der Waals surface area contributed by atoms with Crippen LogP contribution in [0.2, 0.25) is 0 Å². The molecule has 2 aromatic rings. The van der Waals surface area contributed by atoms with E-state index in [-0.39, 0.29) is 0 Å². The highest BCUT2D eigenvalue weighted by Crippen LogP contribution is 2.38. The number of nitrogens with zero attached hydrogens (tertiary/aromatic N) is 3. The summed E-state index contributed by atoms with van der Waals surface area (Å²) >= 11 is 3.65. The number of aromatic nitrogens is 2. The Hall–Kier alpha value is -1.49. The smallest absolute Gasteiger partial charge is 0.121 e. The van der Waals surface area contributed by atoms with Crippen LogP contribution in [0, 0.1) is 0 Å². The summed E-state index contributed by atoms with van der Waals surface area (Å²) in [6.45, 7) is 2.23. The lowest BCUT2D eigenvalue weighted by atomic mass is 10.1. The molecule has 100 valence electrons. The van der Waals surface area contributed by atoms with Crippen molar-refractivity contribution in [1.82, 2.24) is 9.78 Å². The van der Waals surface area contributed by atoms with Crippen LogP contribution in [-0.2, 0) is 7.05 Å². The predicted octanol–water partition coefficient (Wildman–Crippen LogP) is 3.03. The van der Waals surface area contributed by atoms with Crippen molar-refractivity contribution < 1.29 is 0 Å². The van der Waals surface area contributed by atoms with Crippen molar-refractivity contribution in [3.63, 3.8) is 0 Å². The lowest BCUT2D eigenvalue weighted by Crippen LogP contribution is -2.18. The highest BCUT2D eigenvalue weighted by molar-refractivity contribution is 9.10. The summed E-state index contributed by atoms with van der Waals surface area (Å²) < 4.78 is 2.78. The maximum Gasteiger partial charge on any atom is 0.121 e. The summed E-state index contributed by atoms with van der Waals surface area (Å²) in [5.74, 6) is 0.679. The Labute approximate surface area is 121 Å². The van der Waals surface area contributed by atoms with Crippen LogP contribution in [0.25, 0.3) is 11.3 Å². The topological polar surface area (TPSA) is 47.1 Å². The first-order valence-electron chi connectivity index (χ1n) is 6.50. The number of hydrogen-bond donors (Lipinski definition) is 1. The summed E-state index contributed by atoms with van der Waals surface area (Å²) in [7, 11) is 1.87. The minimum Gasteiger partial charge on any atom is -0.384 e. The monoisotopic (exact) mass is 320 g/mol. The molecular formula is C14H17BrN4. The molecule has 0 radical (unpaired) electrons. The zero-order valence-electron chi connectivity index (χ0n) is 10.9. The van der Waals surface area contributed by atoms with Crippen molar-refractivity contribution in [3.05, 3.63) is 28.7 Å². The van der Waals surface area contributed by atoms with Crippen molar-refractivity contribution in [1.29, 1.82) is 0 Å². The third-order valence-corrected chi connectivity index (χ3v) is 4.27. The van der Waals surface area contributed by atoms with E-state index in [2.05, 4.69) is 44.1 Å². The third-order valence-electron chi connectivity index (χ3n) is 3.61. The van der Waals surface area contributed by atoms with Gasteiger partial charge >= 0.3 is 0 Å². The number of nitrogens with two attached hydrogens (primary N) is 1. The van der Waals surface area contributed by atoms with Gasteiger partial charge in [-0.1, -0.05) is 22.0 Å². The minimum atomic E-state index is 0.679. The third kappa shape index (κ3) is 2.23. The Balaban J connectivity index is 2.13. The summed E-state index contributed by atoms with van der Waals surface area (Å²) in [5, 5.41) is 4.51. The largest absolute Gasteiger partial charge is 0.384 e. The van der Waals surface area contributed by atoms with Gasteiger partial charge in [0.25, 0.3) is 0 Å². The minimum absolute atomic E-state index is 0.679. The highest BCUT2D eigenvalue weighted by Gasteiger charge is 2.20. The maximum atomic E-state index is 5.90. The van der Waals surface area contributed by atoms with Gasteiger partial charge in [-0.05, 0) is 25.0 Å². The van der Waals surface area contributed by atoms with Crippen LogP contribution in [0.4, 0.5) is 11.5 Å². The van der Waals surface area contributed by atoms with Crippen LogP contribution < -0.4 is 10.6 Å². The summed E-state index contributed by atoms with van der Waals surface area (Å²) in [5.41, 5.74) is 9.21. The Morgan fingerprint density at radius 2 is 2.00 bits per heavy atom. The fraction of sp³-hybridized carbons (Fsp3) is 0.357. The Kier molecular flexibility index (Phi) is 3.22. The van der Waals surface area contributed by atoms with Gasteiger partial charge in [-0.25, -0.2) is 0 Å². The molecule has 1 aromatic carbocycles. The molecule has 0 spiro atoms. The normalized spacial score (nSPS) is 15.2. The van der Waals surface area contributed by atoms with Crippen molar-refractivity contribution in [2.75, 3.05) is 23.7 Å². The molecule has 3 rings (SSSR count). The van der Waals surface area contributed by atoms with Gasteiger partial charge in [-0.2, -0.15) is 5.10 Å². The first kappa shape index (κ1) is 12.5. The Bertz CT molecular complexity index is 580. The molecule has 1 aliphatic heterocycles. The SMILES string of the molecule is Cn1nc(-c2c(Br)cccc2N2CCCC2)cc1N. The molecule has 1 saturated heterocycles. The van der Waals surface area contributed by atoms with Crippen LogP contribution >= 0.6 is 15.9 Å². The van der Waals surface area contributed by atoms with Crippen LogP contribution in [0.5, 0.6) is 0 Å². The number of nitrogen functional groups attached to an aromatic ring is 1. The molecule has 2 N–H and O–H groups in total. The van der Waals surface area contributed by atoms with Crippen LogP contribution in [-0.4, -0.2) is 22.9 Å². The second kappa shape index (κ2) is 4.89. The van der Waals surface area contributed by atoms with E-state index in [9.17, 15) is 0 Å². The van der Waals surface area contributed by atoms with E-state index in [0.717, 1.165) is 28.8 Å². The van der Waals surface area contributed by atoms with E-state index >= 15 is 0 Å². The molecule has 5 heteroatoms. The van der Waals surface area contributed by atoms with Crippen LogP contribution in [0.1, 0.15) is 12.8 Å². The second-order valence-corrected chi connectivity index (χ2v) is 5.76. The average molecular weight is 321 g/mol. The van der Waals surface area contributed by atoms with Gasteiger partial charge in [0.1, 0.15) is 5.82 Å². The van der Waals surface area contributed by atoms with Crippen molar-refractivity contribution >= 4 is 27.4 Å².